The van der Waals surface area contributed by atoms with Crippen molar-refractivity contribution < 1.29 is 9.90 Å². The Morgan fingerprint density at radius 1 is 1.61 bits per heavy atom. The number of aliphatic hydroxyl groups excluding tert-OH is 1. The third kappa shape index (κ3) is 4.91. The van der Waals surface area contributed by atoms with Crippen LogP contribution >= 0.6 is 11.3 Å². The molecule has 1 rings (SSSR count). The van der Waals surface area contributed by atoms with Gasteiger partial charge >= 0.3 is 0 Å². The summed E-state index contributed by atoms with van der Waals surface area (Å²) in [4.78, 5) is 12.7. The number of rotatable bonds is 5. The third-order valence-electron chi connectivity index (χ3n) is 2.62. The average molecular weight is 265 g/mol. The van der Waals surface area contributed by atoms with Crippen LogP contribution in [0, 0.1) is 17.8 Å². The quantitative estimate of drug-likeness (QED) is 0.801. The summed E-state index contributed by atoms with van der Waals surface area (Å²) in [5.74, 6) is 6.01. The first-order valence-corrected chi connectivity index (χ1v) is 7.00. The zero-order chi connectivity index (χ0) is 13.4. The topological polar surface area (TPSA) is 49.3 Å². The number of thiophene rings is 1. The lowest BCUT2D eigenvalue weighted by atomic mass is 10.1. The minimum Gasteiger partial charge on any atom is -0.395 e. The van der Waals surface area contributed by atoms with Crippen LogP contribution < -0.4 is 5.32 Å². The number of hydrogen-bond acceptors (Lipinski definition) is 3. The van der Waals surface area contributed by atoms with E-state index < -0.39 is 0 Å². The Kier molecular flexibility index (Phi) is 6.48. The molecule has 1 aromatic heterocycles. The first-order valence-electron chi connectivity index (χ1n) is 6.12. The van der Waals surface area contributed by atoms with Gasteiger partial charge in [0.2, 0.25) is 5.91 Å². The monoisotopic (exact) mass is 265 g/mol. The van der Waals surface area contributed by atoms with Crippen LogP contribution in [0.3, 0.4) is 0 Å². The van der Waals surface area contributed by atoms with E-state index in [1.807, 2.05) is 25.3 Å². The molecule has 0 aliphatic carbocycles. The fraction of sp³-hybridized carbons (Fsp3) is 0.500. The number of nitrogens with one attached hydrogen (secondary N) is 1. The van der Waals surface area contributed by atoms with Crippen molar-refractivity contribution >= 4 is 17.2 Å². The van der Waals surface area contributed by atoms with Crippen LogP contribution in [0.15, 0.2) is 11.4 Å². The minimum atomic E-state index is 0.0637. The molecule has 0 aliphatic heterocycles. The van der Waals surface area contributed by atoms with E-state index in [0.717, 1.165) is 16.9 Å². The molecule has 1 unspecified atom stereocenters. The highest BCUT2D eigenvalue weighted by atomic mass is 32.1. The van der Waals surface area contributed by atoms with Crippen molar-refractivity contribution in [1.82, 2.24) is 5.32 Å². The normalized spacial score (nSPS) is 11.5. The van der Waals surface area contributed by atoms with Crippen molar-refractivity contribution in [2.45, 2.75) is 33.2 Å². The number of carbonyl (C=O) groups is 1. The molecule has 0 aliphatic rings. The van der Waals surface area contributed by atoms with Crippen molar-refractivity contribution in [3.05, 3.63) is 21.9 Å². The molecule has 0 saturated heterocycles. The van der Waals surface area contributed by atoms with E-state index >= 15 is 0 Å². The Labute approximate surface area is 112 Å². The molecule has 1 aromatic rings. The lowest BCUT2D eigenvalue weighted by Crippen LogP contribution is -2.27. The molecule has 0 bridgehead atoms. The fourth-order valence-corrected chi connectivity index (χ4v) is 2.05. The molecular weight excluding hydrogens is 246 g/mol. The molecule has 18 heavy (non-hydrogen) atoms. The zero-order valence-electron chi connectivity index (χ0n) is 10.8. The molecule has 98 valence electrons. The van der Waals surface area contributed by atoms with Crippen molar-refractivity contribution in [3.63, 3.8) is 0 Å². The molecule has 0 fully saturated rings. The van der Waals surface area contributed by atoms with Gasteiger partial charge in [-0.15, -0.1) is 11.3 Å². The Morgan fingerprint density at radius 3 is 3.06 bits per heavy atom. The SMILES string of the molecule is CCC(C)C(=O)NCc1cc(C#CCCO)cs1. The fourth-order valence-electron chi connectivity index (χ4n) is 1.29. The maximum atomic E-state index is 11.6. The third-order valence-corrected chi connectivity index (χ3v) is 3.56. The van der Waals surface area contributed by atoms with E-state index in [9.17, 15) is 4.79 Å². The molecule has 0 aromatic carbocycles. The van der Waals surface area contributed by atoms with Crippen molar-refractivity contribution in [2.75, 3.05) is 6.61 Å². The number of amides is 1. The molecular formula is C14H19NO2S. The van der Waals surface area contributed by atoms with Crippen LogP contribution in [-0.2, 0) is 11.3 Å². The van der Waals surface area contributed by atoms with Crippen molar-refractivity contribution in [1.29, 1.82) is 0 Å². The first-order chi connectivity index (χ1) is 8.67. The standard InChI is InChI=1S/C14H19NO2S/c1-3-11(2)14(17)15-9-13-8-12(10-18-13)6-4-5-7-16/h8,10-11,16H,3,5,7,9H2,1-2H3,(H,15,17). The van der Waals surface area contributed by atoms with Crippen molar-refractivity contribution in [2.24, 2.45) is 5.92 Å². The highest BCUT2D eigenvalue weighted by Crippen LogP contribution is 2.14. The second-order valence-electron chi connectivity index (χ2n) is 4.10. The summed E-state index contributed by atoms with van der Waals surface area (Å²) in [5.41, 5.74) is 0.946. The van der Waals surface area contributed by atoms with Crippen LogP contribution in [0.5, 0.6) is 0 Å². The van der Waals surface area contributed by atoms with Crippen LogP contribution in [0.25, 0.3) is 0 Å². The lowest BCUT2D eigenvalue weighted by molar-refractivity contribution is -0.124. The first kappa shape index (κ1) is 14.7. The second kappa shape index (κ2) is 7.91. The number of aliphatic hydroxyl groups is 1. The van der Waals surface area contributed by atoms with Gasteiger partial charge < -0.3 is 10.4 Å². The van der Waals surface area contributed by atoms with E-state index in [2.05, 4.69) is 17.2 Å². The van der Waals surface area contributed by atoms with E-state index in [4.69, 9.17) is 5.11 Å². The highest BCUT2D eigenvalue weighted by Gasteiger charge is 2.09. The van der Waals surface area contributed by atoms with Gasteiger partial charge in [0, 0.05) is 28.2 Å². The maximum absolute atomic E-state index is 11.6. The van der Waals surface area contributed by atoms with E-state index in [-0.39, 0.29) is 18.4 Å². The largest absolute Gasteiger partial charge is 0.395 e. The van der Waals surface area contributed by atoms with Crippen LogP contribution in [0.1, 0.15) is 37.1 Å². The van der Waals surface area contributed by atoms with Crippen LogP contribution in [0.4, 0.5) is 0 Å². The molecule has 0 spiro atoms. The van der Waals surface area contributed by atoms with Gasteiger partial charge in [0.25, 0.3) is 0 Å². The average Bonchev–Trinajstić information content (AvgIpc) is 2.83. The molecule has 1 atom stereocenters. The predicted molar refractivity (Wildman–Crippen MR) is 74.2 cm³/mol. The van der Waals surface area contributed by atoms with Gasteiger partial charge in [0.05, 0.1) is 13.2 Å². The smallest absolute Gasteiger partial charge is 0.223 e. The minimum absolute atomic E-state index is 0.0637. The summed E-state index contributed by atoms with van der Waals surface area (Å²) >= 11 is 1.59. The molecule has 0 saturated carbocycles. The molecule has 1 amide bonds. The van der Waals surface area contributed by atoms with Gasteiger partial charge in [-0.2, -0.15) is 0 Å². The van der Waals surface area contributed by atoms with Crippen LogP contribution in [-0.4, -0.2) is 17.6 Å². The Hall–Kier alpha value is -1.31. The summed E-state index contributed by atoms with van der Waals surface area (Å²) in [6, 6.07) is 1.98. The summed E-state index contributed by atoms with van der Waals surface area (Å²) in [7, 11) is 0. The Balaban J connectivity index is 2.45. The maximum Gasteiger partial charge on any atom is 0.223 e. The van der Waals surface area contributed by atoms with Gasteiger partial charge in [0.15, 0.2) is 0 Å². The summed E-state index contributed by atoms with van der Waals surface area (Å²) in [5, 5.41) is 13.5. The highest BCUT2D eigenvalue weighted by molar-refractivity contribution is 7.10. The predicted octanol–water partition coefficient (Wildman–Crippen LogP) is 2.14. The summed E-state index contributed by atoms with van der Waals surface area (Å²) in [6.45, 7) is 4.59. The van der Waals surface area contributed by atoms with Gasteiger partial charge in [-0.25, -0.2) is 0 Å². The lowest BCUT2D eigenvalue weighted by Gasteiger charge is -2.08. The zero-order valence-corrected chi connectivity index (χ0v) is 11.6. The molecule has 2 N–H and O–H groups in total. The summed E-state index contributed by atoms with van der Waals surface area (Å²) < 4.78 is 0. The van der Waals surface area contributed by atoms with Gasteiger partial charge in [-0.05, 0) is 12.5 Å². The second-order valence-corrected chi connectivity index (χ2v) is 5.10. The van der Waals surface area contributed by atoms with Gasteiger partial charge in [-0.3, -0.25) is 4.79 Å². The molecule has 0 radical (unpaired) electrons. The summed E-state index contributed by atoms with van der Waals surface area (Å²) in [6.07, 6.45) is 1.35. The van der Waals surface area contributed by atoms with Crippen LogP contribution in [0.2, 0.25) is 0 Å². The molecule has 4 heteroatoms. The van der Waals surface area contributed by atoms with E-state index in [0.29, 0.717) is 13.0 Å². The van der Waals surface area contributed by atoms with E-state index in [1.54, 1.807) is 11.3 Å². The van der Waals surface area contributed by atoms with Crippen molar-refractivity contribution in [3.8, 4) is 11.8 Å². The molecule has 3 nitrogen and oxygen atoms in total. The van der Waals surface area contributed by atoms with E-state index in [1.165, 1.54) is 0 Å². The number of carbonyl (C=O) groups excluding carboxylic acids is 1. The number of hydrogen-bond donors (Lipinski definition) is 2. The van der Waals surface area contributed by atoms with Gasteiger partial charge in [0.1, 0.15) is 0 Å². The molecule has 1 heterocycles. The van der Waals surface area contributed by atoms with Gasteiger partial charge in [-0.1, -0.05) is 25.7 Å². The Bertz CT molecular complexity index is 442. The Morgan fingerprint density at radius 2 is 2.39 bits per heavy atom.